The molecule has 0 radical (unpaired) electrons. The maximum Gasteiger partial charge on any atom is 0.256 e. The van der Waals surface area contributed by atoms with Crippen LogP contribution >= 0.6 is 0 Å². The van der Waals surface area contributed by atoms with Crippen LogP contribution in [0.1, 0.15) is 61.0 Å². The van der Waals surface area contributed by atoms with Crippen LogP contribution in [0.5, 0.6) is 5.75 Å². The molecule has 2 aliphatic rings. The maximum absolute atomic E-state index is 14.2. The van der Waals surface area contributed by atoms with Gasteiger partial charge in [0.15, 0.2) is 5.75 Å². The van der Waals surface area contributed by atoms with Gasteiger partial charge in [-0.1, -0.05) is 85.8 Å². The monoisotopic (exact) mass is 548 g/mol. The van der Waals surface area contributed by atoms with Crippen molar-refractivity contribution in [2.24, 2.45) is 0 Å². The van der Waals surface area contributed by atoms with E-state index in [9.17, 15) is 4.79 Å². The lowest BCUT2D eigenvalue weighted by atomic mass is 9.98. The predicted octanol–water partition coefficient (Wildman–Crippen LogP) is 6.38. The fourth-order valence-corrected chi connectivity index (χ4v) is 6.68. The topological polar surface area (TPSA) is 66.5 Å². The van der Waals surface area contributed by atoms with Crippen LogP contribution in [0.15, 0.2) is 84.9 Å². The van der Waals surface area contributed by atoms with Crippen molar-refractivity contribution in [2.45, 2.75) is 63.2 Å². The first-order chi connectivity index (χ1) is 20.1. The van der Waals surface area contributed by atoms with Crippen LogP contribution in [0.3, 0.4) is 0 Å². The summed E-state index contributed by atoms with van der Waals surface area (Å²) in [7, 11) is 2.27. The number of ether oxygens (including phenoxy) is 1. The minimum atomic E-state index is -0.147. The van der Waals surface area contributed by atoms with Gasteiger partial charge in [-0.15, -0.1) is 0 Å². The molecule has 212 valence electrons. The molecule has 41 heavy (non-hydrogen) atoms. The van der Waals surface area contributed by atoms with Crippen molar-refractivity contribution in [1.29, 1.82) is 0 Å². The summed E-state index contributed by atoms with van der Waals surface area (Å²) in [6.45, 7) is 3.27. The van der Waals surface area contributed by atoms with Crippen molar-refractivity contribution in [2.75, 3.05) is 20.2 Å². The zero-order chi connectivity index (χ0) is 28.2. The lowest BCUT2D eigenvalue weighted by molar-refractivity contribution is 0.0933. The van der Waals surface area contributed by atoms with Crippen molar-refractivity contribution >= 4 is 16.8 Å². The summed E-state index contributed by atoms with van der Waals surface area (Å²) in [6.07, 6.45) is 5.76. The number of carbonyl (C=O) groups is 1. The highest BCUT2D eigenvalue weighted by Gasteiger charge is 2.38. The van der Waals surface area contributed by atoms with E-state index in [1.165, 1.54) is 25.7 Å². The molecular formula is C35H40N4O2. The fourth-order valence-electron chi connectivity index (χ4n) is 6.68. The van der Waals surface area contributed by atoms with Crippen molar-refractivity contribution in [3.8, 4) is 17.0 Å². The Balaban J connectivity index is 1.30. The van der Waals surface area contributed by atoms with Gasteiger partial charge in [-0.25, -0.2) is 4.98 Å². The molecule has 2 saturated heterocycles. The van der Waals surface area contributed by atoms with E-state index in [1.54, 1.807) is 0 Å². The van der Waals surface area contributed by atoms with Crippen molar-refractivity contribution in [3.05, 3.63) is 96.1 Å². The molecule has 4 atom stereocenters. The lowest BCUT2D eigenvalue weighted by Crippen LogP contribution is -2.47. The summed E-state index contributed by atoms with van der Waals surface area (Å²) in [5, 5.41) is 7.85. The van der Waals surface area contributed by atoms with Gasteiger partial charge in [-0.2, -0.15) is 0 Å². The zero-order valence-corrected chi connectivity index (χ0v) is 24.1. The third kappa shape index (κ3) is 5.85. The molecule has 3 unspecified atom stereocenters. The minimum Gasteiger partial charge on any atom is -0.489 e. The van der Waals surface area contributed by atoms with Gasteiger partial charge in [0.05, 0.1) is 17.1 Å². The first-order valence-corrected chi connectivity index (χ1v) is 15.0. The highest BCUT2D eigenvalue weighted by molar-refractivity contribution is 6.10. The summed E-state index contributed by atoms with van der Waals surface area (Å²) in [5.74, 6) is 0.395. The van der Waals surface area contributed by atoms with Crippen LogP contribution < -0.4 is 15.4 Å². The molecule has 3 aromatic carbocycles. The Morgan fingerprint density at radius 1 is 0.951 bits per heavy atom. The zero-order valence-electron chi connectivity index (χ0n) is 24.1. The van der Waals surface area contributed by atoms with E-state index in [-0.39, 0.29) is 11.9 Å². The largest absolute Gasteiger partial charge is 0.489 e. The number of pyridine rings is 1. The second-order valence-corrected chi connectivity index (χ2v) is 11.4. The van der Waals surface area contributed by atoms with Crippen molar-refractivity contribution in [3.63, 3.8) is 0 Å². The average Bonchev–Trinajstić information content (AvgIpc) is 3.21. The van der Waals surface area contributed by atoms with E-state index in [1.807, 2.05) is 72.8 Å². The molecule has 6 nitrogen and oxygen atoms in total. The van der Waals surface area contributed by atoms with Crippen LogP contribution in [0, 0.1) is 0 Å². The van der Waals surface area contributed by atoms with Gasteiger partial charge in [-0.05, 0) is 50.8 Å². The molecule has 2 N–H and O–H groups in total. The molecule has 0 spiro atoms. The standard InChI is InChI=1S/C35H40N4O2/c1-3-30(24-12-6-4-7-13-24)38-35(40)32-29-16-10-11-17-31(29)37-33(25-14-8-5-9-15-25)34(32)41-21-20-36-26-22-27-18-19-28(23-26)39(27)2/h4-17,26-28,30,36H,3,18-23H2,1-2H3,(H,38,40)/t26?,27-,28?,30?/m0/s1. The number of carbonyl (C=O) groups excluding carboxylic acids is 1. The molecular weight excluding hydrogens is 508 g/mol. The SMILES string of the molecule is CCC(NC(=O)c1c(OCCNC2CC3CC[C@@H](C2)N3C)c(-c2ccccc2)nc2ccccc12)c1ccccc1. The maximum atomic E-state index is 14.2. The number of benzene rings is 3. The van der Waals surface area contributed by atoms with E-state index in [2.05, 4.69) is 41.6 Å². The minimum absolute atomic E-state index is 0.106. The first kappa shape index (κ1) is 27.4. The number of rotatable bonds is 10. The molecule has 0 aliphatic carbocycles. The van der Waals surface area contributed by atoms with Crippen LogP contribution in [-0.2, 0) is 0 Å². The summed E-state index contributed by atoms with van der Waals surface area (Å²) >= 11 is 0. The molecule has 6 rings (SSSR count). The van der Waals surface area contributed by atoms with Gasteiger partial charge < -0.3 is 20.3 Å². The molecule has 4 aromatic rings. The van der Waals surface area contributed by atoms with Gasteiger partial charge >= 0.3 is 0 Å². The summed E-state index contributed by atoms with van der Waals surface area (Å²) < 4.78 is 6.56. The number of hydrogen-bond acceptors (Lipinski definition) is 5. The molecule has 2 fully saturated rings. The first-order valence-electron chi connectivity index (χ1n) is 15.0. The fraction of sp³-hybridized carbons (Fsp3) is 0.371. The number of aromatic nitrogens is 1. The summed E-state index contributed by atoms with van der Waals surface area (Å²) in [5.41, 5.74) is 4.03. The molecule has 0 saturated carbocycles. The smallest absolute Gasteiger partial charge is 0.256 e. The number of para-hydroxylation sites is 1. The van der Waals surface area contributed by atoms with Crippen molar-refractivity contribution in [1.82, 2.24) is 20.5 Å². The van der Waals surface area contributed by atoms with E-state index in [0.29, 0.717) is 41.7 Å². The highest BCUT2D eigenvalue weighted by atomic mass is 16.5. The Kier molecular flexibility index (Phi) is 8.31. The van der Waals surface area contributed by atoms with Crippen LogP contribution in [-0.4, -0.2) is 54.1 Å². The molecule has 1 amide bonds. The Labute approximate surface area is 243 Å². The number of hydrogen-bond donors (Lipinski definition) is 2. The van der Waals surface area contributed by atoms with E-state index >= 15 is 0 Å². The van der Waals surface area contributed by atoms with Crippen LogP contribution in [0.25, 0.3) is 22.2 Å². The van der Waals surface area contributed by atoms with E-state index in [0.717, 1.165) is 35.0 Å². The summed E-state index contributed by atoms with van der Waals surface area (Å²) in [4.78, 5) is 21.7. The Morgan fingerprint density at radius 2 is 1.61 bits per heavy atom. The normalized spacial score (nSPS) is 21.1. The second kappa shape index (κ2) is 12.4. The third-order valence-electron chi connectivity index (χ3n) is 8.92. The number of nitrogens with zero attached hydrogens (tertiary/aromatic N) is 2. The van der Waals surface area contributed by atoms with Crippen molar-refractivity contribution < 1.29 is 9.53 Å². The van der Waals surface area contributed by atoms with Crippen LogP contribution in [0.2, 0.25) is 0 Å². The average molecular weight is 549 g/mol. The van der Waals surface area contributed by atoms with E-state index in [4.69, 9.17) is 9.72 Å². The molecule has 3 heterocycles. The van der Waals surface area contributed by atoms with Gasteiger partial charge in [0.25, 0.3) is 5.91 Å². The molecule has 6 heteroatoms. The Morgan fingerprint density at radius 3 is 2.32 bits per heavy atom. The molecule has 1 aromatic heterocycles. The third-order valence-corrected chi connectivity index (χ3v) is 8.92. The Hall–Kier alpha value is -3.74. The predicted molar refractivity (Wildman–Crippen MR) is 165 cm³/mol. The van der Waals surface area contributed by atoms with Gasteiger partial charge in [-0.3, -0.25) is 4.79 Å². The van der Waals surface area contributed by atoms with E-state index < -0.39 is 0 Å². The van der Waals surface area contributed by atoms with Gasteiger partial charge in [0.1, 0.15) is 12.3 Å². The number of fused-ring (bicyclic) bond motifs is 3. The number of nitrogens with one attached hydrogen (secondary N) is 2. The molecule has 2 aliphatic heterocycles. The lowest BCUT2D eigenvalue weighted by Gasteiger charge is -2.36. The summed E-state index contributed by atoms with van der Waals surface area (Å²) in [6, 6.07) is 29.8. The number of amides is 1. The molecule has 2 bridgehead atoms. The second-order valence-electron chi connectivity index (χ2n) is 11.4. The quantitative estimate of drug-likeness (QED) is 0.225. The van der Waals surface area contributed by atoms with Gasteiger partial charge in [0, 0.05) is 35.6 Å². The van der Waals surface area contributed by atoms with Crippen LogP contribution in [0.4, 0.5) is 0 Å². The Bertz CT molecular complexity index is 1460. The number of piperidine rings is 1. The van der Waals surface area contributed by atoms with Gasteiger partial charge in [0.2, 0.25) is 0 Å². The highest BCUT2D eigenvalue weighted by Crippen LogP contribution is 2.37.